The third kappa shape index (κ3) is 2.93. The Morgan fingerprint density at radius 2 is 2.00 bits per heavy atom. The standard InChI is InChI=1S/C15H17ClN4O/c16-15-18-12-8-4-3-7-11(12)14(19-15)20(9-13(17)21)10-5-1-2-6-10/h3-4,7-8,10H,1-2,5-6,9H2,(H2,17,21). The molecule has 0 atom stereocenters. The van der Waals surface area contributed by atoms with Crippen molar-refractivity contribution in [2.24, 2.45) is 5.73 Å². The summed E-state index contributed by atoms with van der Waals surface area (Å²) in [6, 6.07) is 7.96. The molecule has 2 N–H and O–H groups in total. The van der Waals surface area contributed by atoms with Crippen molar-refractivity contribution in [3.05, 3.63) is 29.5 Å². The van der Waals surface area contributed by atoms with Gasteiger partial charge in [0.1, 0.15) is 5.82 Å². The summed E-state index contributed by atoms with van der Waals surface area (Å²) in [7, 11) is 0. The topological polar surface area (TPSA) is 72.1 Å². The van der Waals surface area contributed by atoms with Crippen molar-refractivity contribution in [2.75, 3.05) is 11.4 Å². The fourth-order valence-corrected chi connectivity index (χ4v) is 3.18. The summed E-state index contributed by atoms with van der Waals surface area (Å²) in [6.07, 6.45) is 4.42. The zero-order valence-electron chi connectivity index (χ0n) is 11.6. The number of carbonyl (C=O) groups is 1. The summed E-state index contributed by atoms with van der Waals surface area (Å²) in [6.45, 7) is 0.155. The number of amides is 1. The molecular weight excluding hydrogens is 288 g/mol. The first-order valence-electron chi connectivity index (χ1n) is 7.12. The number of nitrogens with two attached hydrogens (primary N) is 1. The van der Waals surface area contributed by atoms with E-state index < -0.39 is 0 Å². The molecule has 1 aromatic carbocycles. The molecule has 1 saturated carbocycles. The summed E-state index contributed by atoms with van der Waals surface area (Å²) >= 11 is 6.05. The number of hydrogen-bond donors (Lipinski definition) is 1. The van der Waals surface area contributed by atoms with Gasteiger partial charge in [0.05, 0.1) is 12.1 Å². The minimum atomic E-state index is -0.360. The molecule has 0 spiro atoms. The van der Waals surface area contributed by atoms with Gasteiger partial charge in [-0.2, -0.15) is 4.98 Å². The maximum absolute atomic E-state index is 11.5. The normalized spacial score (nSPS) is 15.5. The molecule has 1 aliphatic rings. The molecule has 6 heteroatoms. The SMILES string of the molecule is NC(=O)CN(c1nc(Cl)nc2ccccc12)C1CCCC1. The lowest BCUT2D eigenvalue weighted by molar-refractivity contribution is -0.116. The quantitative estimate of drug-likeness (QED) is 0.881. The van der Waals surface area contributed by atoms with E-state index in [0.29, 0.717) is 5.82 Å². The highest BCUT2D eigenvalue weighted by atomic mass is 35.5. The highest BCUT2D eigenvalue weighted by molar-refractivity contribution is 6.28. The summed E-state index contributed by atoms with van der Waals surface area (Å²) in [5, 5.41) is 1.09. The molecule has 0 unspecified atom stereocenters. The minimum Gasteiger partial charge on any atom is -0.368 e. The number of halogens is 1. The van der Waals surface area contributed by atoms with Crippen LogP contribution in [-0.4, -0.2) is 28.5 Å². The summed E-state index contributed by atoms with van der Waals surface area (Å²) in [5.74, 6) is 0.344. The van der Waals surface area contributed by atoms with Gasteiger partial charge in [0.15, 0.2) is 0 Å². The molecule has 21 heavy (non-hydrogen) atoms. The van der Waals surface area contributed by atoms with E-state index in [0.717, 1.165) is 36.6 Å². The Balaban J connectivity index is 2.11. The van der Waals surface area contributed by atoms with Gasteiger partial charge in [-0.3, -0.25) is 4.79 Å². The molecule has 1 aliphatic carbocycles. The van der Waals surface area contributed by atoms with E-state index in [1.165, 1.54) is 0 Å². The van der Waals surface area contributed by atoms with Gasteiger partial charge >= 0.3 is 0 Å². The van der Waals surface area contributed by atoms with Crippen LogP contribution < -0.4 is 10.6 Å². The molecule has 0 saturated heterocycles. The van der Waals surface area contributed by atoms with Crippen LogP contribution in [0.15, 0.2) is 24.3 Å². The van der Waals surface area contributed by atoms with Gasteiger partial charge in [-0.15, -0.1) is 0 Å². The Hall–Kier alpha value is -1.88. The molecule has 0 aliphatic heterocycles. The number of nitrogens with zero attached hydrogens (tertiary/aromatic N) is 3. The van der Waals surface area contributed by atoms with E-state index in [2.05, 4.69) is 9.97 Å². The second-order valence-electron chi connectivity index (χ2n) is 5.37. The van der Waals surface area contributed by atoms with Crippen LogP contribution in [0.5, 0.6) is 0 Å². The number of benzene rings is 1. The minimum absolute atomic E-state index is 0.155. The van der Waals surface area contributed by atoms with Gasteiger partial charge in [0.25, 0.3) is 0 Å². The molecule has 3 rings (SSSR count). The Morgan fingerprint density at radius 1 is 1.29 bits per heavy atom. The van der Waals surface area contributed by atoms with E-state index in [1.807, 2.05) is 29.2 Å². The Kier molecular flexibility index (Phi) is 3.92. The highest BCUT2D eigenvalue weighted by Crippen LogP contribution is 2.31. The third-order valence-corrected chi connectivity index (χ3v) is 4.09. The smallest absolute Gasteiger partial charge is 0.237 e. The van der Waals surface area contributed by atoms with Gasteiger partial charge in [0, 0.05) is 11.4 Å². The average Bonchev–Trinajstić information content (AvgIpc) is 2.97. The number of hydrogen-bond acceptors (Lipinski definition) is 4. The van der Waals surface area contributed by atoms with Crippen LogP contribution in [0.25, 0.3) is 10.9 Å². The van der Waals surface area contributed by atoms with Crippen LogP contribution in [0.1, 0.15) is 25.7 Å². The zero-order chi connectivity index (χ0) is 14.8. The van der Waals surface area contributed by atoms with Gasteiger partial charge < -0.3 is 10.6 Å². The number of carbonyl (C=O) groups excluding carboxylic acids is 1. The van der Waals surface area contributed by atoms with E-state index in [-0.39, 0.29) is 23.8 Å². The summed E-state index contributed by atoms with van der Waals surface area (Å²) in [5.41, 5.74) is 6.20. The van der Waals surface area contributed by atoms with Crippen molar-refractivity contribution in [1.29, 1.82) is 0 Å². The van der Waals surface area contributed by atoms with Crippen molar-refractivity contribution in [3.8, 4) is 0 Å². The van der Waals surface area contributed by atoms with Crippen molar-refractivity contribution >= 4 is 34.2 Å². The lowest BCUT2D eigenvalue weighted by atomic mass is 10.1. The number of aromatic nitrogens is 2. The predicted molar refractivity (Wildman–Crippen MR) is 83.3 cm³/mol. The molecule has 2 aromatic rings. The summed E-state index contributed by atoms with van der Waals surface area (Å²) < 4.78 is 0. The molecular formula is C15H17ClN4O. The van der Waals surface area contributed by atoms with Gasteiger partial charge in [0.2, 0.25) is 11.2 Å². The fourth-order valence-electron chi connectivity index (χ4n) is 3.01. The zero-order valence-corrected chi connectivity index (χ0v) is 12.4. The first-order chi connectivity index (χ1) is 10.1. The molecule has 0 bridgehead atoms. The maximum Gasteiger partial charge on any atom is 0.237 e. The summed E-state index contributed by atoms with van der Waals surface area (Å²) in [4.78, 5) is 22.1. The molecule has 1 fully saturated rings. The molecule has 1 aromatic heterocycles. The van der Waals surface area contributed by atoms with Crippen molar-refractivity contribution in [2.45, 2.75) is 31.7 Å². The first-order valence-corrected chi connectivity index (χ1v) is 7.50. The van der Waals surface area contributed by atoms with Crippen molar-refractivity contribution in [3.63, 3.8) is 0 Å². The van der Waals surface area contributed by atoms with Crippen LogP contribution in [0.2, 0.25) is 5.28 Å². The predicted octanol–water partition coefficient (Wildman–Crippen LogP) is 2.52. The Morgan fingerprint density at radius 3 is 2.71 bits per heavy atom. The number of rotatable bonds is 4. The van der Waals surface area contributed by atoms with Crippen LogP contribution >= 0.6 is 11.6 Å². The van der Waals surface area contributed by atoms with Gasteiger partial charge in [-0.05, 0) is 36.6 Å². The highest BCUT2D eigenvalue weighted by Gasteiger charge is 2.26. The van der Waals surface area contributed by atoms with Crippen molar-refractivity contribution < 1.29 is 4.79 Å². The van der Waals surface area contributed by atoms with Crippen molar-refractivity contribution in [1.82, 2.24) is 9.97 Å². The third-order valence-electron chi connectivity index (χ3n) is 3.92. The van der Waals surface area contributed by atoms with Crippen LogP contribution in [0.3, 0.4) is 0 Å². The Bertz CT molecular complexity index is 670. The van der Waals surface area contributed by atoms with Crippen LogP contribution in [0.4, 0.5) is 5.82 Å². The molecule has 110 valence electrons. The lowest BCUT2D eigenvalue weighted by Gasteiger charge is -2.29. The molecule has 1 amide bonds. The molecule has 1 heterocycles. The number of para-hydroxylation sites is 1. The first kappa shape index (κ1) is 14.1. The number of anilines is 1. The second-order valence-corrected chi connectivity index (χ2v) is 5.70. The van der Waals surface area contributed by atoms with E-state index in [1.54, 1.807) is 0 Å². The number of primary amides is 1. The van der Waals surface area contributed by atoms with E-state index in [9.17, 15) is 4.79 Å². The molecule has 5 nitrogen and oxygen atoms in total. The lowest BCUT2D eigenvalue weighted by Crippen LogP contribution is -2.40. The van der Waals surface area contributed by atoms with Crippen LogP contribution in [-0.2, 0) is 4.79 Å². The van der Waals surface area contributed by atoms with Crippen LogP contribution in [0, 0.1) is 0 Å². The second kappa shape index (κ2) is 5.85. The van der Waals surface area contributed by atoms with E-state index >= 15 is 0 Å². The maximum atomic E-state index is 11.5. The Labute approximate surface area is 128 Å². The largest absolute Gasteiger partial charge is 0.368 e. The van der Waals surface area contributed by atoms with E-state index in [4.69, 9.17) is 17.3 Å². The van der Waals surface area contributed by atoms with Gasteiger partial charge in [-0.1, -0.05) is 25.0 Å². The number of fused-ring (bicyclic) bond motifs is 1. The fraction of sp³-hybridized carbons (Fsp3) is 0.400. The van der Waals surface area contributed by atoms with Gasteiger partial charge in [-0.25, -0.2) is 4.98 Å². The average molecular weight is 305 g/mol. The monoisotopic (exact) mass is 304 g/mol. The molecule has 0 radical (unpaired) electrons.